The summed E-state index contributed by atoms with van der Waals surface area (Å²) in [6.07, 6.45) is 1.59. The highest BCUT2D eigenvalue weighted by molar-refractivity contribution is 9.10. The Hall–Kier alpha value is -1.63. The molecule has 0 aliphatic heterocycles. The summed E-state index contributed by atoms with van der Waals surface area (Å²) in [4.78, 5) is 25.7. The first kappa shape index (κ1) is 13.4. The van der Waals surface area contributed by atoms with Gasteiger partial charge in [-0.15, -0.1) is 0 Å². The van der Waals surface area contributed by atoms with Gasteiger partial charge in [-0.05, 0) is 28.9 Å². The van der Waals surface area contributed by atoms with Gasteiger partial charge in [0.1, 0.15) is 11.4 Å². The Balaban J connectivity index is 2.90. The minimum absolute atomic E-state index is 0.0377. The van der Waals surface area contributed by atoms with Crippen LogP contribution >= 0.6 is 15.9 Å². The number of aromatic nitrogens is 1. The van der Waals surface area contributed by atoms with E-state index in [9.17, 15) is 9.59 Å². The van der Waals surface area contributed by atoms with Crippen molar-refractivity contribution in [1.82, 2.24) is 4.98 Å². The molecule has 4 N–H and O–H groups in total. The molecule has 1 atom stereocenters. The van der Waals surface area contributed by atoms with Gasteiger partial charge in [-0.2, -0.15) is 0 Å². The molecule has 0 spiro atoms. The van der Waals surface area contributed by atoms with Gasteiger partial charge < -0.3 is 16.2 Å². The topological polar surface area (TPSA) is 105 Å². The number of nitrogens with two attached hydrogens (primary N) is 1. The van der Waals surface area contributed by atoms with E-state index >= 15 is 0 Å². The van der Waals surface area contributed by atoms with Gasteiger partial charge in [-0.1, -0.05) is 0 Å². The molecule has 0 saturated heterocycles. The minimum Gasteiger partial charge on any atom is -0.478 e. The van der Waals surface area contributed by atoms with Crippen LogP contribution in [0.15, 0.2) is 16.7 Å². The van der Waals surface area contributed by atoms with Crippen LogP contribution in [0.2, 0.25) is 0 Å². The number of carbonyl (C=O) groups excluding carboxylic acids is 1. The average molecular weight is 302 g/mol. The molecule has 0 aliphatic carbocycles. The number of amides is 1. The Morgan fingerprint density at radius 2 is 2.29 bits per heavy atom. The molecule has 0 radical (unpaired) electrons. The van der Waals surface area contributed by atoms with Crippen molar-refractivity contribution < 1.29 is 14.7 Å². The lowest BCUT2D eigenvalue weighted by Crippen LogP contribution is -2.25. The van der Waals surface area contributed by atoms with Crippen molar-refractivity contribution in [3.8, 4) is 0 Å². The van der Waals surface area contributed by atoms with Crippen LogP contribution in [0.1, 0.15) is 23.7 Å². The SMILES string of the molecule is CC(CC(N)=O)Nc1ncc(Br)cc1C(=O)O. The fourth-order valence-corrected chi connectivity index (χ4v) is 1.63. The molecule has 1 heterocycles. The third kappa shape index (κ3) is 4.03. The van der Waals surface area contributed by atoms with Crippen molar-refractivity contribution in [2.24, 2.45) is 5.73 Å². The number of hydrogen-bond donors (Lipinski definition) is 3. The summed E-state index contributed by atoms with van der Waals surface area (Å²) in [7, 11) is 0. The molecular weight excluding hydrogens is 290 g/mol. The van der Waals surface area contributed by atoms with Crippen molar-refractivity contribution in [2.45, 2.75) is 19.4 Å². The summed E-state index contributed by atoms with van der Waals surface area (Å²) in [6, 6.07) is 1.16. The van der Waals surface area contributed by atoms with E-state index in [-0.39, 0.29) is 23.8 Å². The van der Waals surface area contributed by atoms with Gasteiger partial charge >= 0.3 is 5.97 Å². The molecule has 0 saturated carbocycles. The summed E-state index contributed by atoms with van der Waals surface area (Å²) in [5, 5.41) is 11.8. The highest BCUT2D eigenvalue weighted by Crippen LogP contribution is 2.19. The number of carboxylic acids is 1. The molecule has 92 valence electrons. The van der Waals surface area contributed by atoms with Crippen LogP contribution in [0.3, 0.4) is 0 Å². The molecule has 1 aromatic rings. The zero-order valence-electron chi connectivity index (χ0n) is 9.11. The quantitative estimate of drug-likeness (QED) is 0.758. The maximum absolute atomic E-state index is 11.0. The molecule has 1 aromatic heterocycles. The van der Waals surface area contributed by atoms with Crippen molar-refractivity contribution in [3.05, 3.63) is 22.3 Å². The number of carbonyl (C=O) groups is 2. The summed E-state index contributed by atoms with van der Waals surface area (Å²) in [5.74, 6) is -1.33. The van der Waals surface area contributed by atoms with E-state index in [1.807, 2.05) is 0 Å². The first-order valence-electron chi connectivity index (χ1n) is 4.84. The fourth-order valence-electron chi connectivity index (χ4n) is 1.30. The Labute approximate surface area is 106 Å². The van der Waals surface area contributed by atoms with Gasteiger partial charge in [-0.25, -0.2) is 9.78 Å². The molecular formula is C10H12BrN3O3. The Kier molecular flexibility index (Phi) is 4.45. The van der Waals surface area contributed by atoms with Gasteiger partial charge in [0.25, 0.3) is 0 Å². The number of carboxylic acid groups (broad SMARTS) is 1. The second-order valence-corrected chi connectivity index (χ2v) is 4.49. The smallest absolute Gasteiger partial charge is 0.339 e. The lowest BCUT2D eigenvalue weighted by atomic mass is 10.2. The lowest BCUT2D eigenvalue weighted by molar-refractivity contribution is -0.118. The van der Waals surface area contributed by atoms with E-state index in [0.29, 0.717) is 4.47 Å². The molecule has 0 aliphatic rings. The summed E-state index contributed by atoms with van der Waals surface area (Å²) >= 11 is 3.14. The standard InChI is InChI=1S/C10H12BrN3O3/c1-5(2-8(12)15)14-9-7(10(16)17)3-6(11)4-13-9/h3-5H,2H2,1H3,(H2,12,15)(H,13,14)(H,16,17). The first-order chi connectivity index (χ1) is 7.90. The number of hydrogen-bond acceptors (Lipinski definition) is 4. The summed E-state index contributed by atoms with van der Waals surface area (Å²) in [6.45, 7) is 1.72. The summed E-state index contributed by atoms with van der Waals surface area (Å²) < 4.78 is 0.572. The number of pyridine rings is 1. The third-order valence-electron chi connectivity index (χ3n) is 1.98. The monoisotopic (exact) mass is 301 g/mol. The number of rotatable bonds is 5. The molecule has 0 bridgehead atoms. The van der Waals surface area contributed by atoms with Crippen molar-refractivity contribution in [3.63, 3.8) is 0 Å². The highest BCUT2D eigenvalue weighted by Gasteiger charge is 2.14. The van der Waals surface area contributed by atoms with Crippen molar-refractivity contribution >= 4 is 33.6 Å². The van der Waals surface area contributed by atoms with Gasteiger partial charge in [0, 0.05) is 23.1 Å². The first-order valence-corrected chi connectivity index (χ1v) is 5.63. The summed E-state index contributed by atoms with van der Waals surface area (Å²) in [5.41, 5.74) is 5.08. The van der Waals surface area contributed by atoms with E-state index < -0.39 is 11.9 Å². The third-order valence-corrected chi connectivity index (χ3v) is 2.41. The molecule has 6 nitrogen and oxygen atoms in total. The van der Waals surface area contributed by atoms with Crippen LogP contribution in [-0.4, -0.2) is 28.0 Å². The van der Waals surface area contributed by atoms with Gasteiger partial charge in [0.05, 0.1) is 0 Å². The number of halogens is 1. The Morgan fingerprint density at radius 3 is 2.82 bits per heavy atom. The molecule has 1 amide bonds. The highest BCUT2D eigenvalue weighted by atomic mass is 79.9. The van der Waals surface area contributed by atoms with Crippen LogP contribution in [0.5, 0.6) is 0 Å². The van der Waals surface area contributed by atoms with E-state index in [1.54, 1.807) is 6.92 Å². The van der Waals surface area contributed by atoms with E-state index in [1.165, 1.54) is 12.3 Å². The van der Waals surface area contributed by atoms with Crippen LogP contribution in [-0.2, 0) is 4.79 Å². The van der Waals surface area contributed by atoms with E-state index in [0.717, 1.165) is 0 Å². The van der Waals surface area contributed by atoms with Crippen LogP contribution < -0.4 is 11.1 Å². The number of nitrogens with zero attached hydrogens (tertiary/aromatic N) is 1. The van der Waals surface area contributed by atoms with E-state index in [2.05, 4.69) is 26.2 Å². The molecule has 1 unspecified atom stereocenters. The largest absolute Gasteiger partial charge is 0.478 e. The predicted molar refractivity (Wildman–Crippen MR) is 65.8 cm³/mol. The number of anilines is 1. The predicted octanol–water partition coefficient (Wildman–Crippen LogP) is 1.22. The minimum atomic E-state index is -1.09. The number of aromatic carboxylic acids is 1. The molecule has 0 aromatic carbocycles. The normalized spacial score (nSPS) is 11.9. The Bertz CT molecular complexity index is 450. The number of nitrogens with one attached hydrogen (secondary N) is 1. The zero-order chi connectivity index (χ0) is 13.0. The maximum Gasteiger partial charge on any atom is 0.339 e. The second kappa shape index (κ2) is 5.62. The zero-order valence-corrected chi connectivity index (χ0v) is 10.7. The number of primary amides is 1. The van der Waals surface area contributed by atoms with Crippen molar-refractivity contribution in [1.29, 1.82) is 0 Å². The van der Waals surface area contributed by atoms with Crippen LogP contribution in [0.4, 0.5) is 5.82 Å². The van der Waals surface area contributed by atoms with Crippen molar-refractivity contribution in [2.75, 3.05) is 5.32 Å². The fraction of sp³-hybridized carbons (Fsp3) is 0.300. The average Bonchev–Trinajstić information content (AvgIpc) is 2.19. The van der Waals surface area contributed by atoms with E-state index in [4.69, 9.17) is 10.8 Å². The van der Waals surface area contributed by atoms with Crippen LogP contribution in [0.25, 0.3) is 0 Å². The lowest BCUT2D eigenvalue weighted by Gasteiger charge is -2.14. The molecule has 17 heavy (non-hydrogen) atoms. The second-order valence-electron chi connectivity index (χ2n) is 3.57. The molecule has 0 fully saturated rings. The van der Waals surface area contributed by atoms with Gasteiger partial charge in [0.15, 0.2) is 0 Å². The van der Waals surface area contributed by atoms with Gasteiger partial charge in [0.2, 0.25) is 5.91 Å². The van der Waals surface area contributed by atoms with Crippen LogP contribution in [0, 0.1) is 0 Å². The Morgan fingerprint density at radius 1 is 1.65 bits per heavy atom. The molecule has 1 rings (SSSR count). The molecule has 7 heteroatoms. The van der Waals surface area contributed by atoms with Gasteiger partial charge in [-0.3, -0.25) is 4.79 Å². The maximum atomic E-state index is 11.0.